The van der Waals surface area contributed by atoms with Crippen molar-refractivity contribution in [2.45, 2.75) is 57.1 Å². The molecule has 3 saturated heterocycles. The minimum Gasteiger partial charge on any atom is -0.508 e. The Balaban J connectivity index is 1.22. The van der Waals surface area contributed by atoms with Gasteiger partial charge in [0.2, 0.25) is 5.88 Å². The second kappa shape index (κ2) is 14.3. The van der Waals surface area contributed by atoms with E-state index in [4.69, 9.17) is 25.6 Å². The second-order valence-corrected chi connectivity index (χ2v) is 18.1. The van der Waals surface area contributed by atoms with Gasteiger partial charge in [-0.15, -0.1) is 6.42 Å². The first-order chi connectivity index (χ1) is 26.3. The fourth-order valence-corrected chi connectivity index (χ4v) is 11.0. The fourth-order valence-electron chi connectivity index (χ4n) is 9.33. The number of hydrogen-bond acceptors (Lipinski definition) is 12. The number of anilines is 1. The van der Waals surface area contributed by atoms with Gasteiger partial charge in [0.05, 0.1) is 50.5 Å². The van der Waals surface area contributed by atoms with Gasteiger partial charge in [-0.25, -0.2) is 22.2 Å². The number of ether oxygens (including phenoxy) is 3. The average molecular weight is 778 g/mol. The van der Waals surface area contributed by atoms with Crippen molar-refractivity contribution in [2.24, 2.45) is 11.3 Å². The standard InChI is InChI=1S/C40H45F2N5O7S/c1-4-27-29(41)9-8-25-17-26(48)18-28(31(25)27)34-33(42)35-32(37(43-34)52-3)36(47-15-16-53-22-39(2,49)21-47)45-38(44-35)54-23-40-11-5-7-30(40)46(13-6-12-40)14-10-24-19-55(50,51)20-24/h1,8-9,17-18,24,30,48-49H,5-7,10-16,19-23H2,2-3H3/t30-,39+,40-/m1/s1. The monoisotopic (exact) mass is 777 g/mol. The van der Waals surface area contributed by atoms with Gasteiger partial charge < -0.3 is 29.3 Å². The van der Waals surface area contributed by atoms with Crippen LogP contribution in [0.15, 0.2) is 24.3 Å². The number of aliphatic hydroxyl groups is 1. The molecule has 2 aromatic carbocycles. The predicted molar refractivity (Wildman–Crippen MR) is 203 cm³/mol. The molecule has 0 unspecified atom stereocenters. The number of phenols is 1. The minimum atomic E-state index is -2.88. The van der Waals surface area contributed by atoms with Gasteiger partial charge >= 0.3 is 6.01 Å². The second-order valence-electron chi connectivity index (χ2n) is 15.9. The largest absolute Gasteiger partial charge is 0.508 e. The Bertz CT molecular complexity index is 2310. The molecule has 2 N–H and O–H groups in total. The highest BCUT2D eigenvalue weighted by Gasteiger charge is 2.49. The number of benzene rings is 2. The number of nitrogens with zero attached hydrogens (tertiary/aromatic N) is 5. The molecule has 0 amide bonds. The number of β-amino-alcohol motifs (C(OH)–C–C–N with tert-alkyl or cyclic N) is 1. The molecule has 3 atom stereocenters. The summed E-state index contributed by atoms with van der Waals surface area (Å²) in [6.45, 7) is 4.45. The molecule has 0 bridgehead atoms. The SMILES string of the molecule is C#Cc1c(F)ccc2cc(O)cc(-c3nc(OC)c4c(N5CCOC[C@@](C)(O)C5)nc(OC[C@]56CCC[C@H]5N(CCC5CS(=O)(=O)C5)CCC6)nc4c3F)c12. The van der Waals surface area contributed by atoms with Crippen LogP contribution >= 0.6 is 0 Å². The van der Waals surface area contributed by atoms with Gasteiger partial charge in [-0.1, -0.05) is 18.4 Å². The zero-order valence-electron chi connectivity index (χ0n) is 31.0. The number of piperidine rings is 1. The topological polar surface area (TPSA) is 147 Å². The number of likely N-dealkylation sites (tertiary alicyclic amines) is 1. The Morgan fingerprint density at radius 1 is 1.11 bits per heavy atom. The van der Waals surface area contributed by atoms with Gasteiger partial charge in [0.1, 0.15) is 39.6 Å². The van der Waals surface area contributed by atoms with E-state index in [0.29, 0.717) is 11.9 Å². The van der Waals surface area contributed by atoms with Crippen molar-refractivity contribution < 1.29 is 41.6 Å². The molecule has 4 aromatic rings. The quantitative estimate of drug-likeness (QED) is 0.224. The van der Waals surface area contributed by atoms with Crippen molar-refractivity contribution in [3.05, 3.63) is 41.5 Å². The lowest BCUT2D eigenvalue weighted by Crippen LogP contribution is -2.53. The summed E-state index contributed by atoms with van der Waals surface area (Å²) < 4.78 is 73.9. The van der Waals surface area contributed by atoms with E-state index in [1.807, 2.05) is 0 Å². The number of halogens is 2. The van der Waals surface area contributed by atoms with E-state index >= 15 is 8.78 Å². The van der Waals surface area contributed by atoms with Crippen molar-refractivity contribution in [3.63, 3.8) is 0 Å². The molecule has 0 spiro atoms. The molecule has 8 rings (SSSR count). The third-order valence-corrected chi connectivity index (χ3v) is 13.8. The summed E-state index contributed by atoms with van der Waals surface area (Å²) in [5.41, 5.74) is -1.98. The van der Waals surface area contributed by atoms with Crippen LogP contribution in [0.5, 0.6) is 17.6 Å². The minimum absolute atomic E-state index is 0.0375. The number of sulfone groups is 1. The number of rotatable bonds is 9. The molecule has 12 nitrogen and oxygen atoms in total. The molecule has 15 heteroatoms. The van der Waals surface area contributed by atoms with E-state index in [0.717, 1.165) is 51.6 Å². The number of pyridine rings is 1. The summed E-state index contributed by atoms with van der Waals surface area (Å²) in [6, 6.07) is 5.50. The molecular weight excluding hydrogens is 733 g/mol. The van der Waals surface area contributed by atoms with Crippen LogP contribution in [-0.2, 0) is 14.6 Å². The van der Waals surface area contributed by atoms with Gasteiger partial charge in [0, 0.05) is 29.0 Å². The van der Waals surface area contributed by atoms with Gasteiger partial charge in [0.15, 0.2) is 15.7 Å². The third kappa shape index (κ3) is 7.02. The van der Waals surface area contributed by atoms with Crippen molar-refractivity contribution >= 4 is 37.3 Å². The van der Waals surface area contributed by atoms with E-state index in [9.17, 15) is 18.6 Å². The van der Waals surface area contributed by atoms with Gasteiger partial charge in [0.25, 0.3) is 0 Å². The van der Waals surface area contributed by atoms with Crippen LogP contribution in [0.3, 0.4) is 0 Å². The number of hydrogen-bond donors (Lipinski definition) is 2. The zero-order valence-corrected chi connectivity index (χ0v) is 31.8. The Kier molecular flexibility index (Phi) is 9.76. The fraction of sp³-hybridized carbons (Fsp3) is 0.525. The molecule has 0 radical (unpaired) electrons. The van der Waals surface area contributed by atoms with Crippen LogP contribution in [0.4, 0.5) is 14.6 Å². The van der Waals surface area contributed by atoms with Crippen LogP contribution in [0.2, 0.25) is 0 Å². The van der Waals surface area contributed by atoms with Crippen molar-refractivity contribution in [2.75, 3.05) is 69.5 Å². The highest BCUT2D eigenvalue weighted by atomic mass is 32.2. The summed E-state index contributed by atoms with van der Waals surface area (Å²) in [6.07, 6.45) is 11.4. The smallest absolute Gasteiger partial charge is 0.319 e. The number of phenolic OH excluding ortho intramolecular Hbond substituents is 1. The molecule has 4 fully saturated rings. The van der Waals surface area contributed by atoms with E-state index in [-0.39, 0.29) is 112 Å². The first-order valence-electron chi connectivity index (χ1n) is 18.8. The lowest BCUT2D eigenvalue weighted by atomic mass is 9.75. The van der Waals surface area contributed by atoms with Crippen molar-refractivity contribution in [1.29, 1.82) is 0 Å². The van der Waals surface area contributed by atoms with Gasteiger partial charge in [-0.3, -0.25) is 4.90 Å². The van der Waals surface area contributed by atoms with Crippen LogP contribution in [0, 0.1) is 35.3 Å². The number of aromatic hydroxyl groups is 1. The first-order valence-corrected chi connectivity index (χ1v) is 20.6. The number of methoxy groups -OCH3 is 1. The first kappa shape index (κ1) is 37.6. The summed E-state index contributed by atoms with van der Waals surface area (Å²) >= 11 is 0. The van der Waals surface area contributed by atoms with Gasteiger partial charge in [-0.05, 0) is 81.6 Å². The molecule has 1 saturated carbocycles. The molecule has 1 aliphatic carbocycles. The molecule has 292 valence electrons. The van der Waals surface area contributed by atoms with E-state index < -0.39 is 27.1 Å². The lowest BCUT2D eigenvalue weighted by molar-refractivity contribution is -0.0123. The normalized spacial score (nSPS) is 25.7. The number of aromatic nitrogens is 3. The predicted octanol–water partition coefficient (Wildman–Crippen LogP) is 4.85. The maximum absolute atomic E-state index is 17.3. The molecular formula is C40H45F2N5O7S. The van der Waals surface area contributed by atoms with E-state index in [1.54, 1.807) is 11.8 Å². The maximum Gasteiger partial charge on any atom is 0.319 e. The van der Waals surface area contributed by atoms with Crippen LogP contribution in [0.25, 0.3) is 32.9 Å². The van der Waals surface area contributed by atoms with Crippen molar-refractivity contribution in [1.82, 2.24) is 19.9 Å². The molecule has 2 aromatic heterocycles. The highest BCUT2D eigenvalue weighted by Crippen LogP contribution is 2.49. The number of terminal acetylenes is 1. The van der Waals surface area contributed by atoms with Crippen LogP contribution < -0.4 is 14.4 Å². The molecule has 4 aliphatic rings. The molecule has 5 heterocycles. The summed E-state index contributed by atoms with van der Waals surface area (Å²) in [4.78, 5) is 18.3. The highest BCUT2D eigenvalue weighted by molar-refractivity contribution is 7.92. The van der Waals surface area contributed by atoms with E-state index in [2.05, 4.69) is 20.8 Å². The summed E-state index contributed by atoms with van der Waals surface area (Å²) in [5.74, 6) is 1.51. The summed E-state index contributed by atoms with van der Waals surface area (Å²) in [5, 5.41) is 22.6. The van der Waals surface area contributed by atoms with Crippen LogP contribution in [-0.4, -0.2) is 115 Å². The van der Waals surface area contributed by atoms with Gasteiger partial charge in [-0.2, -0.15) is 9.97 Å². The Hall–Kier alpha value is -4.36. The molecule has 55 heavy (non-hydrogen) atoms. The Morgan fingerprint density at radius 2 is 1.91 bits per heavy atom. The average Bonchev–Trinajstić information content (AvgIpc) is 3.49. The van der Waals surface area contributed by atoms with Crippen LogP contribution in [0.1, 0.15) is 51.0 Å². The Labute approximate surface area is 318 Å². The van der Waals surface area contributed by atoms with Crippen molar-refractivity contribution in [3.8, 4) is 41.2 Å². The zero-order chi connectivity index (χ0) is 38.7. The third-order valence-electron chi connectivity index (χ3n) is 11.8. The van der Waals surface area contributed by atoms with E-state index in [1.165, 1.54) is 31.4 Å². The lowest BCUT2D eigenvalue weighted by Gasteiger charge is -2.46. The summed E-state index contributed by atoms with van der Waals surface area (Å²) in [7, 11) is -1.50. The maximum atomic E-state index is 17.3. The Morgan fingerprint density at radius 3 is 2.67 bits per heavy atom. The molecule has 3 aliphatic heterocycles. The number of fused-ring (bicyclic) bond motifs is 3.